The molecule has 1 atom stereocenters. The first-order valence-electron chi connectivity index (χ1n) is 10.6. The molecule has 0 bridgehead atoms. The van der Waals surface area contributed by atoms with Crippen molar-refractivity contribution in [3.05, 3.63) is 48.3 Å². The van der Waals surface area contributed by atoms with Gasteiger partial charge in [0.25, 0.3) is 0 Å². The Morgan fingerprint density at radius 2 is 1.97 bits per heavy atom. The van der Waals surface area contributed by atoms with Gasteiger partial charge in [0, 0.05) is 50.4 Å². The second kappa shape index (κ2) is 10.8. The van der Waals surface area contributed by atoms with E-state index in [9.17, 15) is 4.79 Å². The van der Waals surface area contributed by atoms with Crippen molar-refractivity contribution in [1.29, 1.82) is 0 Å². The number of rotatable bonds is 5. The molecule has 2 fully saturated rings. The number of hydrogen-bond donors (Lipinski definition) is 2. The Morgan fingerprint density at radius 3 is 2.70 bits per heavy atom. The third-order valence-electron chi connectivity index (χ3n) is 5.89. The quantitative estimate of drug-likeness (QED) is 0.360. The molecule has 1 saturated heterocycles. The number of benzene rings is 1. The lowest BCUT2D eigenvalue weighted by Crippen LogP contribution is -2.45. The maximum absolute atomic E-state index is 12.6. The zero-order chi connectivity index (χ0) is 20.1. The normalized spacial score (nSPS) is 19.6. The summed E-state index contributed by atoms with van der Waals surface area (Å²) in [4.78, 5) is 19.0. The van der Waals surface area contributed by atoms with Gasteiger partial charge in [0.2, 0.25) is 5.91 Å². The van der Waals surface area contributed by atoms with Gasteiger partial charge < -0.3 is 15.5 Å². The fourth-order valence-electron chi connectivity index (χ4n) is 4.26. The Kier molecular flexibility index (Phi) is 8.12. The second-order valence-electron chi connectivity index (χ2n) is 7.95. The number of carbonyl (C=O) groups excluding carboxylic acids is 1. The van der Waals surface area contributed by atoms with Crippen LogP contribution >= 0.6 is 24.0 Å². The maximum Gasteiger partial charge on any atom is 0.225 e. The van der Waals surface area contributed by atoms with E-state index >= 15 is 0 Å². The molecule has 2 N–H and O–H groups in total. The Hall–Kier alpha value is -2.10. The Labute approximate surface area is 195 Å². The van der Waals surface area contributed by atoms with E-state index in [0.717, 1.165) is 49.6 Å². The molecule has 2 heterocycles. The molecule has 1 aliphatic heterocycles. The van der Waals surface area contributed by atoms with Crippen LogP contribution in [0.15, 0.2) is 47.7 Å². The van der Waals surface area contributed by atoms with E-state index in [1.807, 2.05) is 52.3 Å². The summed E-state index contributed by atoms with van der Waals surface area (Å²) < 4.78 is 1.87. The van der Waals surface area contributed by atoms with Crippen molar-refractivity contribution in [2.75, 3.05) is 20.1 Å². The van der Waals surface area contributed by atoms with Gasteiger partial charge in [-0.05, 0) is 31.4 Å². The molecule has 30 heavy (non-hydrogen) atoms. The van der Waals surface area contributed by atoms with Gasteiger partial charge in [-0.1, -0.05) is 31.0 Å². The molecule has 1 saturated carbocycles. The van der Waals surface area contributed by atoms with Crippen molar-refractivity contribution in [3.63, 3.8) is 0 Å². The summed E-state index contributed by atoms with van der Waals surface area (Å²) in [5.41, 5.74) is 2.13. The lowest BCUT2D eigenvalue weighted by molar-refractivity contribution is -0.134. The molecule has 162 valence electrons. The largest absolute Gasteiger partial charge is 0.352 e. The van der Waals surface area contributed by atoms with Gasteiger partial charge in [-0.2, -0.15) is 5.10 Å². The lowest BCUT2D eigenvalue weighted by atomic mass is 10.1. The van der Waals surface area contributed by atoms with Crippen molar-refractivity contribution in [2.45, 2.75) is 44.7 Å². The van der Waals surface area contributed by atoms with Crippen LogP contribution in [0.4, 0.5) is 0 Å². The molecule has 1 aromatic heterocycles. The number of halogens is 1. The Bertz CT molecular complexity index is 846. The van der Waals surface area contributed by atoms with E-state index in [0.29, 0.717) is 12.5 Å². The molecule has 0 radical (unpaired) electrons. The van der Waals surface area contributed by atoms with Crippen LogP contribution in [0.1, 0.15) is 37.7 Å². The summed E-state index contributed by atoms with van der Waals surface area (Å²) in [6, 6.07) is 10.3. The standard InChI is InChI=1S/C22H30N6O.HI/c1-23-22(24-13-17-14-25-28(15-17)20-9-3-2-4-10-20)26-19-11-12-27(16-19)21(29)18-7-5-6-8-18;/h2-4,9-10,14-15,18-19H,5-8,11-13,16H2,1H3,(H2,23,24,26);1H. The minimum atomic E-state index is 0. The molecule has 7 nitrogen and oxygen atoms in total. The molecule has 2 aromatic rings. The number of nitrogens with zero attached hydrogens (tertiary/aromatic N) is 4. The highest BCUT2D eigenvalue weighted by molar-refractivity contribution is 14.0. The molecule has 1 amide bonds. The third kappa shape index (κ3) is 5.53. The molecule has 1 aromatic carbocycles. The van der Waals surface area contributed by atoms with Crippen LogP contribution in [-0.2, 0) is 11.3 Å². The van der Waals surface area contributed by atoms with Crippen LogP contribution < -0.4 is 10.6 Å². The molecule has 0 spiro atoms. The number of guanidine groups is 1. The van der Waals surface area contributed by atoms with Gasteiger partial charge in [0.05, 0.1) is 11.9 Å². The first kappa shape index (κ1) is 22.6. The number of amides is 1. The van der Waals surface area contributed by atoms with Crippen LogP contribution in [-0.4, -0.2) is 52.7 Å². The maximum atomic E-state index is 12.6. The second-order valence-corrected chi connectivity index (χ2v) is 7.95. The highest BCUT2D eigenvalue weighted by Crippen LogP contribution is 2.27. The molecule has 4 rings (SSSR count). The summed E-state index contributed by atoms with van der Waals surface area (Å²) in [7, 11) is 1.78. The summed E-state index contributed by atoms with van der Waals surface area (Å²) in [6.07, 6.45) is 9.37. The van der Waals surface area contributed by atoms with E-state index in [1.54, 1.807) is 7.05 Å². The summed E-state index contributed by atoms with van der Waals surface area (Å²) in [5.74, 6) is 1.37. The summed E-state index contributed by atoms with van der Waals surface area (Å²) >= 11 is 0. The van der Waals surface area contributed by atoms with Crippen LogP contribution in [0.2, 0.25) is 0 Å². The summed E-state index contributed by atoms with van der Waals surface area (Å²) in [6.45, 7) is 2.25. The van der Waals surface area contributed by atoms with Gasteiger partial charge in [-0.15, -0.1) is 24.0 Å². The predicted octanol–water partition coefficient (Wildman–Crippen LogP) is 2.95. The van der Waals surface area contributed by atoms with Crippen LogP contribution in [0, 0.1) is 5.92 Å². The number of nitrogens with one attached hydrogen (secondary N) is 2. The number of likely N-dealkylation sites (tertiary alicyclic amines) is 1. The fourth-order valence-corrected chi connectivity index (χ4v) is 4.26. The van der Waals surface area contributed by atoms with E-state index in [2.05, 4.69) is 20.7 Å². The van der Waals surface area contributed by atoms with Crippen molar-refractivity contribution < 1.29 is 4.79 Å². The van der Waals surface area contributed by atoms with E-state index < -0.39 is 0 Å². The molecule has 2 aliphatic rings. The molecule has 1 unspecified atom stereocenters. The monoisotopic (exact) mass is 522 g/mol. The number of aromatic nitrogens is 2. The lowest BCUT2D eigenvalue weighted by Gasteiger charge is -2.21. The first-order chi connectivity index (χ1) is 14.2. The average molecular weight is 522 g/mol. The highest BCUT2D eigenvalue weighted by Gasteiger charge is 2.32. The minimum Gasteiger partial charge on any atom is -0.352 e. The van der Waals surface area contributed by atoms with E-state index in [-0.39, 0.29) is 35.9 Å². The summed E-state index contributed by atoms with van der Waals surface area (Å²) in [5, 5.41) is 11.3. The third-order valence-corrected chi connectivity index (χ3v) is 5.89. The Balaban J connectivity index is 0.00000256. The van der Waals surface area contributed by atoms with Crippen LogP contribution in [0.25, 0.3) is 5.69 Å². The number of para-hydroxylation sites is 1. The van der Waals surface area contributed by atoms with Gasteiger partial charge in [0.1, 0.15) is 0 Å². The van der Waals surface area contributed by atoms with E-state index in [1.165, 1.54) is 12.8 Å². The number of carbonyl (C=O) groups is 1. The highest BCUT2D eigenvalue weighted by atomic mass is 127. The van der Waals surface area contributed by atoms with Crippen molar-refractivity contribution >= 4 is 35.8 Å². The molecular weight excluding hydrogens is 491 g/mol. The van der Waals surface area contributed by atoms with Gasteiger partial charge in [0.15, 0.2) is 5.96 Å². The number of hydrogen-bond acceptors (Lipinski definition) is 3. The minimum absolute atomic E-state index is 0. The van der Waals surface area contributed by atoms with Crippen molar-refractivity contribution in [2.24, 2.45) is 10.9 Å². The van der Waals surface area contributed by atoms with Gasteiger partial charge in [-0.25, -0.2) is 4.68 Å². The smallest absolute Gasteiger partial charge is 0.225 e. The average Bonchev–Trinajstić information content (AvgIpc) is 3.53. The molecular formula is C22H31IN6O. The topological polar surface area (TPSA) is 74.6 Å². The zero-order valence-corrected chi connectivity index (χ0v) is 19.8. The van der Waals surface area contributed by atoms with E-state index in [4.69, 9.17) is 0 Å². The van der Waals surface area contributed by atoms with Crippen molar-refractivity contribution in [3.8, 4) is 5.69 Å². The predicted molar refractivity (Wildman–Crippen MR) is 129 cm³/mol. The first-order valence-corrected chi connectivity index (χ1v) is 10.6. The van der Waals surface area contributed by atoms with Crippen LogP contribution in [0.3, 0.4) is 0 Å². The zero-order valence-electron chi connectivity index (χ0n) is 17.5. The number of aliphatic imine (C=N–C) groups is 1. The van der Waals surface area contributed by atoms with Crippen LogP contribution in [0.5, 0.6) is 0 Å². The molecule has 8 heteroatoms. The Morgan fingerprint density at radius 1 is 1.20 bits per heavy atom. The molecule has 1 aliphatic carbocycles. The fraction of sp³-hybridized carbons (Fsp3) is 0.500. The van der Waals surface area contributed by atoms with Gasteiger partial charge in [-0.3, -0.25) is 9.79 Å². The van der Waals surface area contributed by atoms with Gasteiger partial charge >= 0.3 is 0 Å². The van der Waals surface area contributed by atoms with Crippen molar-refractivity contribution in [1.82, 2.24) is 25.3 Å². The SMILES string of the molecule is CN=C(NCc1cnn(-c2ccccc2)c1)NC1CCN(C(=O)C2CCCC2)C1.I.